The van der Waals surface area contributed by atoms with E-state index in [1.165, 1.54) is 0 Å². The smallest absolute Gasteiger partial charge is 0.243 e. The summed E-state index contributed by atoms with van der Waals surface area (Å²) < 4.78 is 31.9. The molecule has 0 atom stereocenters. The molecular formula is C20H24N2O4S. The van der Waals surface area contributed by atoms with Gasteiger partial charge in [-0.3, -0.25) is 9.10 Å². The van der Waals surface area contributed by atoms with E-state index in [4.69, 9.17) is 4.74 Å². The van der Waals surface area contributed by atoms with Crippen molar-refractivity contribution in [2.24, 2.45) is 0 Å². The number of piperidine rings is 1. The van der Waals surface area contributed by atoms with E-state index in [0.717, 1.165) is 29.8 Å². The normalized spacial score (nSPS) is 14.6. The van der Waals surface area contributed by atoms with Crippen LogP contribution in [0.5, 0.6) is 11.5 Å². The highest BCUT2D eigenvalue weighted by atomic mass is 32.2. The number of nitrogens with zero attached hydrogens (tertiary/aromatic N) is 2. The third-order valence-electron chi connectivity index (χ3n) is 4.49. The van der Waals surface area contributed by atoms with Crippen molar-refractivity contribution in [3.05, 3.63) is 54.6 Å². The van der Waals surface area contributed by atoms with E-state index in [9.17, 15) is 13.2 Å². The Morgan fingerprint density at radius 2 is 1.63 bits per heavy atom. The van der Waals surface area contributed by atoms with E-state index in [1.807, 2.05) is 18.2 Å². The van der Waals surface area contributed by atoms with Crippen LogP contribution in [0.4, 0.5) is 5.69 Å². The summed E-state index contributed by atoms with van der Waals surface area (Å²) in [6.07, 6.45) is 4.12. The second kappa shape index (κ2) is 8.43. The minimum atomic E-state index is -3.66. The van der Waals surface area contributed by atoms with Gasteiger partial charge in [-0.25, -0.2) is 8.42 Å². The third-order valence-corrected chi connectivity index (χ3v) is 5.62. The monoisotopic (exact) mass is 388 g/mol. The minimum absolute atomic E-state index is 0.186. The molecule has 0 bridgehead atoms. The number of likely N-dealkylation sites (tertiary alicyclic amines) is 1. The Balaban J connectivity index is 1.88. The van der Waals surface area contributed by atoms with E-state index >= 15 is 0 Å². The van der Waals surface area contributed by atoms with Crippen molar-refractivity contribution in [3.63, 3.8) is 0 Å². The van der Waals surface area contributed by atoms with Crippen LogP contribution in [0, 0.1) is 0 Å². The first-order valence-corrected chi connectivity index (χ1v) is 10.9. The average Bonchev–Trinajstić information content (AvgIpc) is 2.67. The van der Waals surface area contributed by atoms with Crippen molar-refractivity contribution in [2.75, 3.05) is 30.2 Å². The van der Waals surface area contributed by atoms with Gasteiger partial charge in [0.05, 0.1) is 11.9 Å². The number of hydrogen-bond acceptors (Lipinski definition) is 4. The lowest BCUT2D eigenvalue weighted by atomic mass is 10.1. The fraction of sp³-hybridized carbons (Fsp3) is 0.350. The van der Waals surface area contributed by atoms with Gasteiger partial charge < -0.3 is 9.64 Å². The van der Waals surface area contributed by atoms with E-state index in [2.05, 4.69) is 0 Å². The molecule has 0 radical (unpaired) electrons. The maximum absolute atomic E-state index is 12.7. The molecule has 1 amide bonds. The van der Waals surface area contributed by atoms with Gasteiger partial charge in [-0.05, 0) is 43.5 Å². The molecule has 2 aromatic carbocycles. The number of hydrogen-bond donors (Lipinski definition) is 0. The lowest BCUT2D eigenvalue weighted by molar-refractivity contribution is -0.130. The summed E-state index contributed by atoms with van der Waals surface area (Å²) in [7, 11) is -3.66. The van der Waals surface area contributed by atoms with Gasteiger partial charge in [0, 0.05) is 13.1 Å². The quantitative estimate of drug-likeness (QED) is 0.762. The zero-order chi connectivity index (χ0) is 19.3. The van der Waals surface area contributed by atoms with Crippen LogP contribution < -0.4 is 9.04 Å². The highest BCUT2D eigenvalue weighted by Gasteiger charge is 2.27. The highest BCUT2D eigenvalue weighted by molar-refractivity contribution is 7.92. The van der Waals surface area contributed by atoms with E-state index in [-0.39, 0.29) is 12.5 Å². The molecule has 1 heterocycles. The standard InChI is InChI=1S/C20H24N2O4S/c1-27(24,25)22(16-20(23)21-14-8-3-9-15-21)18-12-6-7-13-19(18)26-17-10-4-2-5-11-17/h2,4-7,10-13H,3,8-9,14-16H2,1H3. The Kier molecular flexibility index (Phi) is 6.01. The number of ether oxygens (including phenoxy) is 1. The molecule has 0 N–H and O–H groups in total. The van der Waals surface area contributed by atoms with Crippen molar-refractivity contribution >= 4 is 21.6 Å². The lowest BCUT2D eigenvalue weighted by Gasteiger charge is -2.30. The summed E-state index contributed by atoms with van der Waals surface area (Å²) in [6.45, 7) is 1.13. The number of amides is 1. The zero-order valence-electron chi connectivity index (χ0n) is 15.4. The number of anilines is 1. The summed E-state index contributed by atoms with van der Waals surface area (Å²) in [4.78, 5) is 14.4. The molecule has 0 saturated carbocycles. The van der Waals surface area contributed by atoms with Gasteiger partial charge in [-0.15, -0.1) is 0 Å². The molecule has 3 rings (SSSR count). The van der Waals surface area contributed by atoms with E-state index in [0.29, 0.717) is 30.3 Å². The molecule has 7 heteroatoms. The van der Waals surface area contributed by atoms with Crippen LogP contribution in [0.25, 0.3) is 0 Å². The van der Waals surface area contributed by atoms with Gasteiger partial charge in [0.2, 0.25) is 15.9 Å². The van der Waals surface area contributed by atoms with E-state index < -0.39 is 10.0 Å². The van der Waals surface area contributed by atoms with Crippen molar-refractivity contribution < 1.29 is 17.9 Å². The molecule has 1 fully saturated rings. The summed E-state index contributed by atoms with van der Waals surface area (Å²) in [5, 5.41) is 0. The van der Waals surface area contributed by atoms with Crippen LogP contribution in [0.3, 0.4) is 0 Å². The van der Waals surface area contributed by atoms with Crippen LogP contribution in [0.1, 0.15) is 19.3 Å². The largest absolute Gasteiger partial charge is 0.455 e. The number of rotatable bonds is 6. The molecule has 0 unspecified atom stereocenters. The van der Waals surface area contributed by atoms with Crippen molar-refractivity contribution in [2.45, 2.75) is 19.3 Å². The Bertz CT molecular complexity index is 878. The van der Waals surface area contributed by atoms with Gasteiger partial charge in [0.15, 0.2) is 5.75 Å². The predicted molar refractivity (Wildman–Crippen MR) is 106 cm³/mol. The number of carbonyl (C=O) groups is 1. The molecule has 27 heavy (non-hydrogen) atoms. The van der Waals surface area contributed by atoms with Crippen LogP contribution in [0.2, 0.25) is 0 Å². The van der Waals surface area contributed by atoms with Gasteiger partial charge >= 0.3 is 0 Å². The minimum Gasteiger partial charge on any atom is -0.455 e. The molecule has 1 aliphatic heterocycles. The molecule has 1 aliphatic rings. The first-order chi connectivity index (χ1) is 12.9. The second-order valence-corrected chi connectivity index (χ2v) is 8.50. The van der Waals surface area contributed by atoms with Gasteiger partial charge in [0.25, 0.3) is 0 Å². The third kappa shape index (κ3) is 5.01. The fourth-order valence-corrected chi connectivity index (χ4v) is 3.97. The summed E-state index contributed by atoms with van der Waals surface area (Å²) in [5.41, 5.74) is 0.356. The van der Waals surface area contributed by atoms with Gasteiger partial charge in [-0.1, -0.05) is 30.3 Å². The Labute approximate surface area is 160 Å². The Morgan fingerprint density at radius 3 is 2.30 bits per heavy atom. The first-order valence-electron chi connectivity index (χ1n) is 9.02. The van der Waals surface area contributed by atoms with Crippen LogP contribution in [0.15, 0.2) is 54.6 Å². The summed E-state index contributed by atoms with van der Waals surface area (Å²) in [5.74, 6) is 0.802. The number of benzene rings is 2. The average molecular weight is 388 g/mol. The summed E-state index contributed by atoms with van der Waals surface area (Å²) in [6, 6.07) is 16.0. The Hall–Kier alpha value is -2.54. The van der Waals surface area contributed by atoms with Crippen LogP contribution in [-0.2, 0) is 14.8 Å². The molecule has 2 aromatic rings. The number of sulfonamides is 1. The first kappa shape index (κ1) is 19.2. The molecule has 144 valence electrons. The summed E-state index contributed by atoms with van der Waals surface area (Å²) >= 11 is 0. The maximum atomic E-state index is 12.7. The van der Waals surface area contributed by atoms with Crippen molar-refractivity contribution in [1.82, 2.24) is 4.90 Å². The lowest BCUT2D eigenvalue weighted by Crippen LogP contribution is -2.44. The fourth-order valence-electron chi connectivity index (χ4n) is 3.11. The SMILES string of the molecule is CS(=O)(=O)N(CC(=O)N1CCCCC1)c1ccccc1Oc1ccccc1. The van der Waals surface area contributed by atoms with Crippen molar-refractivity contribution in [1.29, 1.82) is 0 Å². The second-order valence-electron chi connectivity index (χ2n) is 6.59. The predicted octanol–water partition coefficient (Wildman–Crippen LogP) is 3.26. The van der Waals surface area contributed by atoms with E-state index in [1.54, 1.807) is 41.3 Å². The zero-order valence-corrected chi connectivity index (χ0v) is 16.2. The highest BCUT2D eigenvalue weighted by Crippen LogP contribution is 2.33. The van der Waals surface area contributed by atoms with Gasteiger partial charge in [0.1, 0.15) is 12.3 Å². The van der Waals surface area contributed by atoms with Crippen molar-refractivity contribution in [3.8, 4) is 11.5 Å². The molecule has 0 aromatic heterocycles. The topological polar surface area (TPSA) is 66.9 Å². The number of carbonyl (C=O) groups excluding carboxylic acids is 1. The molecule has 0 spiro atoms. The molecule has 1 saturated heterocycles. The van der Waals surface area contributed by atoms with Gasteiger partial charge in [-0.2, -0.15) is 0 Å². The Morgan fingerprint density at radius 1 is 1.00 bits per heavy atom. The molecular weight excluding hydrogens is 364 g/mol. The maximum Gasteiger partial charge on any atom is 0.243 e. The van der Waals surface area contributed by atoms with Crippen LogP contribution >= 0.6 is 0 Å². The molecule has 6 nitrogen and oxygen atoms in total. The van der Waals surface area contributed by atoms with Crippen LogP contribution in [-0.4, -0.2) is 45.1 Å². The molecule has 0 aliphatic carbocycles. The number of para-hydroxylation sites is 3.